The van der Waals surface area contributed by atoms with Gasteiger partial charge in [-0.05, 0) is 43.5 Å². The molecule has 0 aliphatic carbocycles. The number of piperidine rings is 1. The summed E-state index contributed by atoms with van der Waals surface area (Å²) in [6.45, 7) is 5.23. The van der Waals surface area contributed by atoms with E-state index in [9.17, 15) is 4.39 Å². The highest BCUT2D eigenvalue weighted by molar-refractivity contribution is 5.43. The second-order valence-corrected chi connectivity index (χ2v) is 5.50. The van der Waals surface area contributed by atoms with Crippen LogP contribution in [0.2, 0.25) is 0 Å². The van der Waals surface area contributed by atoms with E-state index in [4.69, 9.17) is 0 Å². The Labute approximate surface area is 111 Å². The Balaban J connectivity index is 1.71. The van der Waals surface area contributed by atoms with Crippen LogP contribution < -0.4 is 10.6 Å². The number of nitrogens with zero attached hydrogens (tertiary/aromatic N) is 3. The molecule has 0 aromatic carbocycles. The summed E-state index contributed by atoms with van der Waals surface area (Å²) in [7, 11) is 0. The smallest absolute Gasteiger partial charge is 0.243 e. The topological polar surface area (TPSA) is 54.2 Å². The maximum atomic E-state index is 13.1. The van der Waals surface area contributed by atoms with Crippen molar-refractivity contribution in [1.82, 2.24) is 19.9 Å². The highest BCUT2D eigenvalue weighted by Gasteiger charge is 2.26. The number of hydrogen-bond donors (Lipinski definition) is 2. The van der Waals surface area contributed by atoms with Gasteiger partial charge in [0.25, 0.3) is 0 Å². The number of anilines is 1. The van der Waals surface area contributed by atoms with Crippen molar-refractivity contribution in [3.63, 3.8) is 0 Å². The third-order valence-corrected chi connectivity index (χ3v) is 3.78. The summed E-state index contributed by atoms with van der Waals surface area (Å²) in [6, 6.07) is 3.02. The van der Waals surface area contributed by atoms with Crippen LogP contribution in [-0.4, -0.2) is 34.2 Å². The molecule has 1 fully saturated rings. The standard InChI is InChI=1S/C13H18FN5/c1-13(4-6-15-7-5-13)9-16-12-17-11-3-2-10(14)8-19(11)18-12/h2-3,8,15H,4-7,9H2,1H3,(H,16,18). The molecule has 1 aliphatic rings. The van der Waals surface area contributed by atoms with Crippen molar-refractivity contribution in [3.8, 4) is 0 Å². The van der Waals surface area contributed by atoms with Crippen molar-refractivity contribution < 1.29 is 4.39 Å². The number of hydrogen-bond acceptors (Lipinski definition) is 4. The second-order valence-electron chi connectivity index (χ2n) is 5.50. The molecule has 5 nitrogen and oxygen atoms in total. The quantitative estimate of drug-likeness (QED) is 0.884. The lowest BCUT2D eigenvalue weighted by atomic mass is 9.81. The number of aromatic nitrogens is 3. The molecule has 2 aromatic rings. The van der Waals surface area contributed by atoms with Gasteiger partial charge in [0, 0.05) is 6.54 Å². The van der Waals surface area contributed by atoms with Crippen LogP contribution in [0.25, 0.3) is 5.65 Å². The molecule has 0 radical (unpaired) electrons. The molecule has 1 aliphatic heterocycles. The van der Waals surface area contributed by atoms with Gasteiger partial charge < -0.3 is 10.6 Å². The van der Waals surface area contributed by atoms with Gasteiger partial charge in [0.2, 0.25) is 5.95 Å². The van der Waals surface area contributed by atoms with Gasteiger partial charge in [0.1, 0.15) is 5.82 Å². The molecule has 0 saturated carbocycles. The Morgan fingerprint density at radius 3 is 3.00 bits per heavy atom. The Kier molecular flexibility index (Phi) is 3.10. The van der Waals surface area contributed by atoms with E-state index >= 15 is 0 Å². The lowest BCUT2D eigenvalue weighted by Crippen LogP contribution is -2.39. The molecule has 0 unspecified atom stereocenters. The summed E-state index contributed by atoms with van der Waals surface area (Å²) in [5.74, 6) is 0.250. The average Bonchev–Trinajstić information content (AvgIpc) is 2.79. The molecule has 1 saturated heterocycles. The van der Waals surface area contributed by atoms with E-state index in [-0.39, 0.29) is 11.2 Å². The van der Waals surface area contributed by atoms with Crippen molar-refractivity contribution in [2.24, 2.45) is 5.41 Å². The van der Waals surface area contributed by atoms with Crippen molar-refractivity contribution in [2.75, 3.05) is 25.0 Å². The van der Waals surface area contributed by atoms with Gasteiger partial charge in [0.15, 0.2) is 5.65 Å². The summed E-state index contributed by atoms with van der Waals surface area (Å²) in [5, 5.41) is 10.9. The van der Waals surface area contributed by atoms with E-state index in [0.29, 0.717) is 11.6 Å². The molecule has 0 spiro atoms. The highest BCUT2D eigenvalue weighted by Crippen LogP contribution is 2.27. The van der Waals surface area contributed by atoms with E-state index in [1.807, 2.05) is 0 Å². The number of halogens is 1. The van der Waals surface area contributed by atoms with Crippen LogP contribution in [0.1, 0.15) is 19.8 Å². The molecule has 6 heteroatoms. The first-order valence-corrected chi connectivity index (χ1v) is 6.61. The zero-order valence-electron chi connectivity index (χ0n) is 11.0. The molecule has 3 heterocycles. The predicted octanol–water partition coefficient (Wildman–Crippen LogP) is 1.67. The first-order chi connectivity index (χ1) is 9.15. The Morgan fingerprint density at radius 1 is 1.42 bits per heavy atom. The Hall–Kier alpha value is -1.69. The maximum absolute atomic E-state index is 13.1. The van der Waals surface area contributed by atoms with E-state index in [1.165, 1.54) is 16.8 Å². The lowest BCUT2D eigenvalue weighted by Gasteiger charge is -2.33. The number of nitrogens with one attached hydrogen (secondary N) is 2. The lowest BCUT2D eigenvalue weighted by molar-refractivity contribution is 0.247. The van der Waals surface area contributed by atoms with Gasteiger partial charge in [-0.3, -0.25) is 0 Å². The van der Waals surface area contributed by atoms with Gasteiger partial charge in [-0.25, -0.2) is 8.91 Å². The summed E-state index contributed by atoms with van der Waals surface area (Å²) in [6.07, 6.45) is 3.61. The van der Waals surface area contributed by atoms with Crippen LogP contribution in [0.4, 0.5) is 10.3 Å². The first kappa shape index (κ1) is 12.3. The van der Waals surface area contributed by atoms with Gasteiger partial charge in [-0.15, -0.1) is 5.10 Å². The van der Waals surface area contributed by atoms with E-state index < -0.39 is 0 Å². The summed E-state index contributed by atoms with van der Waals surface area (Å²) in [5.41, 5.74) is 0.924. The van der Waals surface area contributed by atoms with Crippen molar-refractivity contribution in [1.29, 1.82) is 0 Å². The minimum atomic E-state index is -0.311. The number of rotatable bonds is 3. The summed E-state index contributed by atoms with van der Waals surface area (Å²) in [4.78, 5) is 4.33. The van der Waals surface area contributed by atoms with Crippen molar-refractivity contribution in [3.05, 3.63) is 24.1 Å². The molecule has 19 heavy (non-hydrogen) atoms. The molecule has 0 amide bonds. The van der Waals surface area contributed by atoms with Crippen LogP contribution in [0.5, 0.6) is 0 Å². The van der Waals surface area contributed by atoms with Crippen LogP contribution in [-0.2, 0) is 0 Å². The molecule has 0 bridgehead atoms. The van der Waals surface area contributed by atoms with E-state index in [2.05, 4.69) is 27.6 Å². The largest absolute Gasteiger partial charge is 0.352 e. The van der Waals surface area contributed by atoms with Crippen molar-refractivity contribution in [2.45, 2.75) is 19.8 Å². The SMILES string of the molecule is CC1(CNc2nc3ccc(F)cn3n2)CCNCC1. The molecule has 2 aromatic heterocycles. The summed E-state index contributed by atoms with van der Waals surface area (Å²) >= 11 is 0. The molecular formula is C13H18FN5. The zero-order chi connectivity index (χ0) is 13.3. The monoisotopic (exact) mass is 263 g/mol. The van der Waals surface area contributed by atoms with Gasteiger partial charge >= 0.3 is 0 Å². The minimum absolute atomic E-state index is 0.272. The van der Waals surface area contributed by atoms with Crippen LogP contribution in [0.15, 0.2) is 18.3 Å². The average molecular weight is 263 g/mol. The molecule has 102 valence electrons. The number of fused-ring (bicyclic) bond motifs is 1. The predicted molar refractivity (Wildman–Crippen MR) is 71.6 cm³/mol. The van der Waals surface area contributed by atoms with Crippen LogP contribution in [0, 0.1) is 11.2 Å². The molecule has 3 rings (SSSR count). The van der Waals surface area contributed by atoms with Crippen LogP contribution in [0.3, 0.4) is 0 Å². The maximum Gasteiger partial charge on any atom is 0.243 e. The summed E-state index contributed by atoms with van der Waals surface area (Å²) < 4.78 is 14.5. The second kappa shape index (κ2) is 4.77. The Bertz CT molecular complexity index is 573. The van der Waals surface area contributed by atoms with Gasteiger partial charge in [0.05, 0.1) is 6.20 Å². The van der Waals surface area contributed by atoms with Crippen LogP contribution >= 0.6 is 0 Å². The third-order valence-electron chi connectivity index (χ3n) is 3.78. The van der Waals surface area contributed by atoms with Crippen molar-refractivity contribution >= 4 is 11.6 Å². The zero-order valence-corrected chi connectivity index (χ0v) is 11.0. The molecule has 2 N–H and O–H groups in total. The fourth-order valence-electron chi connectivity index (χ4n) is 2.43. The minimum Gasteiger partial charge on any atom is -0.352 e. The fourth-order valence-corrected chi connectivity index (χ4v) is 2.43. The normalized spacial score (nSPS) is 18.6. The highest BCUT2D eigenvalue weighted by atomic mass is 19.1. The first-order valence-electron chi connectivity index (χ1n) is 6.61. The van der Waals surface area contributed by atoms with E-state index in [0.717, 1.165) is 32.5 Å². The van der Waals surface area contributed by atoms with Gasteiger partial charge in [-0.1, -0.05) is 6.92 Å². The molecule has 0 atom stereocenters. The number of pyridine rings is 1. The fraction of sp³-hybridized carbons (Fsp3) is 0.538. The third kappa shape index (κ3) is 2.68. The molecular weight excluding hydrogens is 245 g/mol. The van der Waals surface area contributed by atoms with Gasteiger partial charge in [-0.2, -0.15) is 4.98 Å². The van der Waals surface area contributed by atoms with E-state index in [1.54, 1.807) is 6.07 Å². The Morgan fingerprint density at radius 2 is 2.21 bits per heavy atom.